The van der Waals surface area contributed by atoms with Gasteiger partial charge in [-0.25, -0.2) is 0 Å². The smallest absolute Gasteiger partial charge is 0.311 e. The van der Waals surface area contributed by atoms with E-state index in [4.69, 9.17) is 28.4 Å². The van der Waals surface area contributed by atoms with E-state index in [1.807, 2.05) is 13.0 Å². The van der Waals surface area contributed by atoms with Crippen LogP contribution in [0.1, 0.15) is 118 Å². The highest BCUT2D eigenvalue weighted by atomic mass is 16.6. The fraction of sp³-hybridized carbons (Fsp3) is 0.767. The molecule has 4 bridgehead atoms. The number of hydrogen-bond acceptors (Lipinski definition) is 12. The Morgan fingerprint density at radius 1 is 0.982 bits per heavy atom. The van der Waals surface area contributed by atoms with Crippen molar-refractivity contribution in [3.05, 3.63) is 23.3 Å². The zero-order valence-electron chi connectivity index (χ0n) is 34.2. The number of aliphatic hydroxyl groups is 1. The van der Waals surface area contributed by atoms with E-state index in [0.29, 0.717) is 17.5 Å². The van der Waals surface area contributed by atoms with Gasteiger partial charge in [-0.3, -0.25) is 24.1 Å². The molecule has 8 atom stereocenters. The van der Waals surface area contributed by atoms with E-state index in [2.05, 4.69) is 38.7 Å². The first-order valence-electron chi connectivity index (χ1n) is 20.3. The molecular formula is C43H61NO11. The lowest BCUT2D eigenvalue weighted by Gasteiger charge is -2.78. The summed E-state index contributed by atoms with van der Waals surface area (Å²) in [5.41, 5.74) is -1.33. The van der Waals surface area contributed by atoms with Crippen molar-refractivity contribution in [2.24, 2.45) is 28.6 Å². The average molecular weight is 768 g/mol. The van der Waals surface area contributed by atoms with Crippen molar-refractivity contribution in [2.75, 3.05) is 33.4 Å². The fourth-order valence-electron chi connectivity index (χ4n) is 11.9. The Labute approximate surface area is 325 Å². The molecule has 2 unspecified atom stereocenters. The van der Waals surface area contributed by atoms with E-state index in [-0.39, 0.29) is 37.4 Å². The Morgan fingerprint density at radius 2 is 1.64 bits per heavy atom. The number of methoxy groups -OCH3 is 1. The Hall–Kier alpha value is -3.22. The Bertz CT molecular complexity index is 1710. The summed E-state index contributed by atoms with van der Waals surface area (Å²) >= 11 is 0. The van der Waals surface area contributed by atoms with Crippen LogP contribution < -0.4 is 9.47 Å². The molecule has 1 N–H and O–H groups in total. The molecule has 8 rings (SSSR count). The summed E-state index contributed by atoms with van der Waals surface area (Å²) in [5.74, 6) is -1.16. The molecule has 2 spiro atoms. The monoisotopic (exact) mass is 767 g/mol. The van der Waals surface area contributed by atoms with Gasteiger partial charge in [0.05, 0.1) is 11.0 Å². The second-order valence-corrected chi connectivity index (χ2v) is 19.0. The molecule has 0 aromatic heterocycles. The Morgan fingerprint density at radius 3 is 2.24 bits per heavy atom. The summed E-state index contributed by atoms with van der Waals surface area (Å²) < 4.78 is 35.8. The molecule has 2 heterocycles. The molecule has 2 aliphatic heterocycles. The van der Waals surface area contributed by atoms with Crippen LogP contribution in [-0.4, -0.2) is 96.2 Å². The van der Waals surface area contributed by atoms with Crippen molar-refractivity contribution < 1.29 is 52.7 Å². The summed E-state index contributed by atoms with van der Waals surface area (Å²) in [4.78, 5) is 51.9. The standard InChI is InChI=1S/C43H61NO11/c1-25(18-34(47)53-30(23-51-26(2)45)24-52-27(3)46)19-35(48)54-31-13-12-29-20-33-41-14-15-43(50-9,32(21-41)39(7,49)38(4,5)6)40(8)42(41,36(29)37(31)55-40)16-17-44(33)22-28-10-11-28/h12-13,25,28,30,32-33,49H,10-11,14-24H2,1-9H3/t25?,32-,33?,39+,40+,41-,42+,43-/m1/s1. The number of nitrogens with zero attached hydrogens (tertiary/aromatic N) is 1. The number of esters is 4. The highest BCUT2D eigenvalue weighted by molar-refractivity contribution is 5.77. The van der Waals surface area contributed by atoms with Gasteiger partial charge >= 0.3 is 23.9 Å². The number of ether oxygens (including phenoxy) is 6. The minimum absolute atomic E-state index is 0.0622. The summed E-state index contributed by atoms with van der Waals surface area (Å²) in [7, 11) is 1.78. The van der Waals surface area contributed by atoms with Crippen LogP contribution in [0.15, 0.2) is 12.1 Å². The number of likely N-dealkylation sites (tertiary alicyclic amines) is 1. The van der Waals surface area contributed by atoms with Crippen molar-refractivity contribution in [2.45, 2.75) is 148 Å². The lowest BCUT2D eigenvalue weighted by molar-refractivity contribution is -0.345. The van der Waals surface area contributed by atoms with Gasteiger partial charge in [-0.1, -0.05) is 33.8 Å². The second kappa shape index (κ2) is 13.7. The predicted molar refractivity (Wildman–Crippen MR) is 200 cm³/mol. The maximum Gasteiger partial charge on any atom is 0.311 e. The first-order chi connectivity index (χ1) is 25.7. The Kier molecular flexibility index (Phi) is 9.97. The molecule has 1 aromatic rings. The van der Waals surface area contributed by atoms with E-state index < -0.39 is 63.5 Å². The topological polar surface area (TPSA) is 147 Å². The molecule has 1 aromatic carbocycles. The van der Waals surface area contributed by atoms with Crippen molar-refractivity contribution in [3.63, 3.8) is 0 Å². The van der Waals surface area contributed by atoms with Crippen molar-refractivity contribution in [1.29, 1.82) is 0 Å². The van der Waals surface area contributed by atoms with Gasteiger partial charge in [0.2, 0.25) is 0 Å². The van der Waals surface area contributed by atoms with Gasteiger partial charge in [-0.05, 0) is 94.2 Å². The quantitative estimate of drug-likeness (QED) is 0.146. The normalized spacial score (nSPS) is 33.2. The van der Waals surface area contributed by atoms with Crippen LogP contribution >= 0.6 is 0 Å². The number of benzene rings is 1. The maximum absolute atomic E-state index is 13.6. The van der Waals surface area contributed by atoms with Gasteiger partial charge in [0.15, 0.2) is 17.6 Å². The number of hydrogen-bond donors (Lipinski definition) is 1. The van der Waals surface area contributed by atoms with Gasteiger partial charge in [0.1, 0.15) is 24.4 Å². The molecule has 55 heavy (non-hydrogen) atoms. The third-order valence-corrected chi connectivity index (χ3v) is 15.0. The molecule has 0 radical (unpaired) electrons. The lowest BCUT2D eigenvalue weighted by atomic mass is 9.30. The second-order valence-electron chi connectivity index (χ2n) is 19.0. The highest BCUT2D eigenvalue weighted by Gasteiger charge is 2.87. The first kappa shape index (κ1) is 40.0. The van der Waals surface area contributed by atoms with E-state index in [1.165, 1.54) is 32.3 Å². The molecule has 12 heteroatoms. The molecule has 304 valence electrons. The van der Waals surface area contributed by atoms with Crippen LogP contribution in [-0.2, 0) is 50.0 Å². The van der Waals surface area contributed by atoms with Crippen LogP contribution in [0.3, 0.4) is 0 Å². The molecule has 7 aliphatic rings. The van der Waals surface area contributed by atoms with Gasteiger partial charge in [-0.15, -0.1) is 0 Å². The van der Waals surface area contributed by atoms with Crippen LogP contribution in [0.5, 0.6) is 11.5 Å². The van der Waals surface area contributed by atoms with Gasteiger partial charge in [0.25, 0.3) is 0 Å². The van der Waals surface area contributed by atoms with E-state index in [1.54, 1.807) is 14.0 Å². The van der Waals surface area contributed by atoms with Crippen molar-refractivity contribution >= 4 is 23.9 Å². The number of carbonyl (C=O) groups excluding carboxylic acids is 4. The SMILES string of the molecule is CO[C@]12CC[C@@]3(C[C@@H]1[C@](C)(O)C(C)(C)C)C1Cc4ccc(OC(=O)CC(C)CC(=O)OC(COC(C)=O)COC(C)=O)c5c4[C@@]3(CCN1CC1CC1)[C@]2(C)O5. The highest BCUT2D eigenvalue weighted by Crippen LogP contribution is 2.81. The number of carbonyl (C=O) groups is 4. The van der Waals surface area contributed by atoms with Gasteiger partial charge < -0.3 is 33.5 Å². The largest absolute Gasteiger partial charge is 0.479 e. The molecule has 1 saturated heterocycles. The summed E-state index contributed by atoms with van der Waals surface area (Å²) in [6.07, 6.45) is 5.79. The van der Waals surface area contributed by atoms with Gasteiger partial charge in [-0.2, -0.15) is 0 Å². The number of fused-ring (bicyclic) bond motifs is 2. The summed E-state index contributed by atoms with van der Waals surface area (Å²) in [6.45, 7) is 16.3. The van der Waals surface area contributed by atoms with Crippen molar-refractivity contribution in [1.82, 2.24) is 4.90 Å². The molecule has 5 aliphatic carbocycles. The summed E-state index contributed by atoms with van der Waals surface area (Å²) in [6, 6.07) is 4.28. The zero-order valence-corrected chi connectivity index (χ0v) is 34.2. The van der Waals surface area contributed by atoms with Crippen LogP contribution in [0.25, 0.3) is 0 Å². The van der Waals surface area contributed by atoms with E-state index in [9.17, 15) is 24.3 Å². The molecular weight excluding hydrogens is 706 g/mol. The van der Waals surface area contributed by atoms with Crippen LogP contribution in [0, 0.1) is 28.6 Å². The molecule has 4 saturated carbocycles. The van der Waals surface area contributed by atoms with Crippen molar-refractivity contribution in [3.8, 4) is 11.5 Å². The third-order valence-electron chi connectivity index (χ3n) is 15.0. The van der Waals surface area contributed by atoms with Crippen LogP contribution in [0.4, 0.5) is 0 Å². The Balaban J connectivity index is 1.17. The van der Waals surface area contributed by atoms with E-state index >= 15 is 0 Å². The third kappa shape index (κ3) is 6.10. The maximum atomic E-state index is 13.6. The minimum Gasteiger partial charge on any atom is -0.479 e. The predicted octanol–water partition coefficient (Wildman–Crippen LogP) is 5.46. The van der Waals surface area contributed by atoms with Gasteiger partial charge in [0, 0.05) is 63.3 Å². The fourth-order valence-corrected chi connectivity index (χ4v) is 11.9. The summed E-state index contributed by atoms with van der Waals surface area (Å²) in [5, 5.41) is 12.6. The van der Waals surface area contributed by atoms with E-state index in [0.717, 1.165) is 56.7 Å². The average Bonchev–Trinajstić information content (AvgIpc) is 3.86. The molecule has 0 amide bonds. The van der Waals surface area contributed by atoms with Crippen LogP contribution in [0.2, 0.25) is 0 Å². The lowest BCUT2D eigenvalue weighted by Crippen LogP contribution is -2.87. The number of piperidine rings is 1. The zero-order chi connectivity index (χ0) is 39.9. The molecule has 5 fully saturated rings. The number of rotatable bonds is 14. The first-order valence-corrected chi connectivity index (χ1v) is 20.3. The molecule has 12 nitrogen and oxygen atoms in total. The minimum atomic E-state index is -1.07.